The van der Waals surface area contributed by atoms with Crippen molar-refractivity contribution >= 4 is 21.6 Å². The summed E-state index contributed by atoms with van der Waals surface area (Å²) in [6.07, 6.45) is 0. The molecule has 0 saturated carbocycles. The summed E-state index contributed by atoms with van der Waals surface area (Å²) in [5.41, 5.74) is 0.763. The topological polar surface area (TPSA) is 75.7 Å². The number of nitrogens with one attached hydrogen (secondary N) is 1. The van der Waals surface area contributed by atoms with Crippen LogP contribution in [0.3, 0.4) is 0 Å². The molecule has 0 saturated heterocycles. The molecule has 0 unspecified atom stereocenters. The monoisotopic (exact) mass is 446 g/mol. The van der Waals surface area contributed by atoms with Crippen LogP contribution in [-0.2, 0) is 16.6 Å². The van der Waals surface area contributed by atoms with Crippen molar-refractivity contribution in [3.63, 3.8) is 0 Å². The summed E-state index contributed by atoms with van der Waals surface area (Å²) >= 11 is 0. The maximum atomic E-state index is 13.3. The van der Waals surface area contributed by atoms with Gasteiger partial charge in [-0.1, -0.05) is 6.07 Å². The van der Waals surface area contributed by atoms with E-state index in [-0.39, 0.29) is 22.6 Å². The first kappa shape index (κ1) is 22.2. The number of hydrogen-bond acceptors (Lipinski definition) is 4. The third kappa shape index (κ3) is 5.18. The van der Waals surface area contributed by atoms with Crippen LogP contribution in [-0.4, -0.2) is 28.5 Å². The molecule has 0 atom stereocenters. The minimum atomic E-state index is -3.93. The summed E-state index contributed by atoms with van der Waals surface area (Å²) < 4.78 is 58.7. The van der Waals surface area contributed by atoms with Gasteiger partial charge >= 0.3 is 0 Å². The number of rotatable bonds is 7. The van der Waals surface area contributed by atoms with Crippen molar-refractivity contribution in [1.82, 2.24) is 5.32 Å². The molecule has 0 aromatic heterocycles. The van der Waals surface area contributed by atoms with Gasteiger partial charge in [-0.25, -0.2) is 17.2 Å². The number of carbonyl (C=O) groups is 1. The van der Waals surface area contributed by atoms with Crippen LogP contribution in [0.25, 0.3) is 0 Å². The fraction of sp³-hybridized carbons (Fsp3) is 0.136. The van der Waals surface area contributed by atoms with Gasteiger partial charge in [-0.05, 0) is 60.2 Å². The van der Waals surface area contributed by atoms with Crippen molar-refractivity contribution in [3.8, 4) is 5.75 Å². The van der Waals surface area contributed by atoms with E-state index in [2.05, 4.69) is 5.32 Å². The average Bonchev–Trinajstić information content (AvgIpc) is 2.76. The summed E-state index contributed by atoms with van der Waals surface area (Å²) in [4.78, 5) is 12.4. The summed E-state index contributed by atoms with van der Waals surface area (Å²) in [5, 5.41) is 2.53. The van der Waals surface area contributed by atoms with E-state index in [0.717, 1.165) is 22.5 Å². The molecule has 0 heterocycles. The Morgan fingerprint density at radius 1 is 1.00 bits per heavy atom. The zero-order valence-corrected chi connectivity index (χ0v) is 17.6. The highest BCUT2D eigenvalue weighted by Crippen LogP contribution is 2.24. The van der Waals surface area contributed by atoms with Gasteiger partial charge in [-0.2, -0.15) is 0 Å². The molecule has 3 aromatic carbocycles. The first-order valence-electron chi connectivity index (χ1n) is 9.17. The van der Waals surface area contributed by atoms with Gasteiger partial charge in [-0.3, -0.25) is 9.10 Å². The largest absolute Gasteiger partial charge is 0.497 e. The second kappa shape index (κ2) is 9.13. The van der Waals surface area contributed by atoms with Crippen LogP contribution >= 0.6 is 0 Å². The molecule has 31 heavy (non-hydrogen) atoms. The van der Waals surface area contributed by atoms with Crippen molar-refractivity contribution in [3.05, 3.63) is 89.5 Å². The summed E-state index contributed by atoms with van der Waals surface area (Å²) in [6, 6.07) is 15.0. The lowest BCUT2D eigenvalue weighted by Crippen LogP contribution is -2.27. The fourth-order valence-electron chi connectivity index (χ4n) is 2.88. The van der Waals surface area contributed by atoms with Gasteiger partial charge in [-0.15, -0.1) is 0 Å². The predicted molar refractivity (Wildman–Crippen MR) is 113 cm³/mol. The van der Waals surface area contributed by atoms with E-state index in [4.69, 9.17) is 4.74 Å². The Morgan fingerprint density at radius 3 is 2.26 bits per heavy atom. The van der Waals surface area contributed by atoms with Gasteiger partial charge in [0.25, 0.3) is 15.9 Å². The fourth-order valence-corrected chi connectivity index (χ4v) is 4.13. The molecular formula is C22H20F2N2O4S. The number of ether oxygens (including phenoxy) is 1. The third-order valence-electron chi connectivity index (χ3n) is 4.57. The highest BCUT2D eigenvalue weighted by molar-refractivity contribution is 7.92. The van der Waals surface area contributed by atoms with E-state index in [0.29, 0.717) is 11.4 Å². The second-order valence-corrected chi connectivity index (χ2v) is 8.63. The zero-order valence-electron chi connectivity index (χ0n) is 16.8. The molecule has 6 nitrogen and oxygen atoms in total. The summed E-state index contributed by atoms with van der Waals surface area (Å²) in [7, 11) is -1.02. The van der Waals surface area contributed by atoms with Gasteiger partial charge in [0, 0.05) is 25.2 Å². The molecule has 0 aliphatic carbocycles. The van der Waals surface area contributed by atoms with E-state index in [9.17, 15) is 22.0 Å². The molecule has 0 radical (unpaired) electrons. The molecule has 162 valence electrons. The van der Waals surface area contributed by atoms with E-state index >= 15 is 0 Å². The molecule has 1 N–H and O–H groups in total. The maximum absolute atomic E-state index is 13.3. The van der Waals surface area contributed by atoms with Crippen LogP contribution in [0, 0.1) is 11.6 Å². The van der Waals surface area contributed by atoms with Crippen molar-refractivity contribution in [2.24, 2.45) is 0 Å². The van der Waals surface area contributed by atoms with Crippen LogP contribution in [0.4, 0.5) is 14.5 Å². The molecule has 0 aliphatic rings. The zero-order chi connectivity index (χ0) is 22.6. The Morgan fingerprint density at radius 2 is 1.65 bits per heavy atom. The summed E-state index contributed by atoms with van der Waals surface area (Å²) in [5.74, 6) is -1.49. The molecule has 0 bridgehead atoms. The Labute approximate surface area is 179 Å². The van der Waals surface area contributed by atoms with Crippen molar-refractivity contribution in [2.75, 3.05) is 18.5 Å². The molecule has 3 rings (SSSR count). The van der Waals surface area contributed by atoms with E-state index in [1.807, 2.05) is 0 Å². The Bertz CT molecular complexity index is 1180. The molecule has 1 amide bonds. The standard InChI is InChI=1S/C22H20F2N2O4S/c1-26(19-6-8-20(30-2)9-7-19)31(28,29)21-5-3-4-16(12-21)22(27)25-14-15-10-17(23)13-18(24)11-15/h3-13H,14H2,1-2H3,(H,25,27). The van der Waals surface area contributed by atoms with Gasteiger partial charge in [0.2, 0.25) is 0 Å². The van der Waals surface area contributed by atoms with Gasteiger partial charge in [0.05, 0.1) is 17.7 Å². The predicted octanol–water partition coefficient (Wildman–Crippen LogP) is 3.73. The van der Waals surface area contributed by atoms with E-state index in [1.54, 1.807) is 24.3 Å². The number of benzene rings is 3. The second-order valence-electron chi connectivity index (χ2n) is 6.66. The van der Waals surface area contributed by atoms with Crippen molar-refractivity contribution in [1.29, 1.82) is 0 Å². The highest BCUT2D eigenvalue weighted by atomic mass is 32.2. The first-order chi connectivity index (χ1) is 14.7. The molecule has 9 heteroatoms. The Hall–Kier alpha value is -3.46. The maximum Gasteiger partial charge on any atom is 0.264 e. The van der Waals surface area contributed by atoms with Crippen LogP contribution in [0.15, 0.2) is 71.6 Å². The number of halogens is 2. The molecular weight excluding hydrogens is 426 g/mol. The molecule has 0 fully saturated rings. The van der Waals surface area contributed by atoms with Gasteiger partial charge in [0.15, 0.2) is 0 Å². The van der Waals surface area contributed by atoms with Crippen LogP contribution in [0.5, 0.6) is 5.75 Å². The van der Waals surface area contributed by atoms with Crippen LogP contribution < -0.4 is 14.4 Å². The lowest BCUT2D eigenvalue weighted by Gasteiger charge is -2.20. The number of anilines is 1. The normalized spacial score (nSPS) is 11.1. The number of methoxy groups -OCH3 is 1. The lowest BCUT2D eigenvalue weighted by molar-refractivity contribution is 0.0950. The third-order valence-corrected chi connectivity index (χ3v) is 6.35. The minimum Gasteiger partial charge on any atom is -0.497 e. The Kier molecular flexibility index (Phi) is 6.55. The Balaban J connectivity index is 1.78. The summed E-state index contributed by atoms with van der Waals surface area (Å²) in [6.45, 7) is -0.115. The number of carbonyl (C=O) groups excluding carboxylic acids is 1. The van der Waals surface area contributed by atoms with Gasteiger partial charge < -0.3 is 10.1 Å². The smallest absolute Gasteiger partial charge is 0.264 e. The lowest BCUT2D eigenvalue weighted by atomic mass is 10.2. The minimum absolute atomic E-state index is 0.0738. The van der Waals surface area contributed by atoms with Crippen molar-refractivity contribution in [2.45, 2.75) is 11.4 Å². The molecule has 0 spiro atoms. The number of nitrogens with zero attached hydrogens (tertiary/aromatic N) is 1. The van der Waals surface area contributed by atoms with E-state index in [1.165, 1.54) is 38.4 Å². The van der Waals surface area contributed by atoms with Crippen LogP contribution in [0.2, 0.25) is 0 Å². The van der Waals surface area contributed by atoms with Crippen molar-refractivity contribution < 1.29 is 26.7 Å². The number of hydrogen-bond donors (Lipinski definition) is 1. The molecule has 0 aliphatic heterocycles. The molecule has 3 aromatic rings. The highest BCUT2D eigenvalue weighted by Gasteiger charge is 2.22. The SMILES string of the molecule is COc1ccc(N(C)S(=O)(=O)c2cccc(C(=O)NCc3cc(F)cc(F)c3)c2)cc1. The first-order valence-corrected chi connectivity index (χ1v) is 10.6. The van der Waals surface area contributed by atoms with Gasteiger partial charge in [0.1, 0.15) is 17.4 Å². The van der Waals surface area contributed by atoms with Crippen LogP contribution in [0.1, 0.15) is 15.9 Å². The number of amides is 1. The number of sulfonamides is 1. The average molecular weight is 446 g/mol. The van der Waals surface area contributed by atoms with E-state index < -0.39 is 27.6 Å². The quantitative estimate of drug-likeness (QED) is 0.600.